The molecule has 0 aliphatic heterocycles. The number of amides is 2. The number of rotatable bonds is 8. The fourth-order valence-corrected chi connectivity index (χ4v) is 2.57. The zero-order valence-electron chi connectivity index (χ0n) is 20.2. The van der Waals surface area contributed by atoms with Crippen LogP contribution in [0.2, 0.25) is 0 Å². The van der Waals surface area contributed by atoms with Crippen molar-refractivity contribution in [3.8, 4) is 0 Å². The molecule has 1 rings (SSSR count). The Morgan fingerprint density at radius 1 is 1.13 bits per heavy atom. The SMILES string of the molecule is CCC(C)NC(=O)c1cccc(CNC(=NC)NCC(C)(C)NC(=O)OC(C)(C)C)c1. The minimum atomic E-state index is -0.550. The molecule has 0 heterocycles. The van der Waals surface area contributed by atoms with E-state index in [0.717, 1.165) is 12.0 Å². The quantitative estimate of drug-likeness (QED) is 0.372. The average Bonchev–Trinajstić information content (AvgIpc) is 2.66. The summed E-state index contributed by atoms with van der Waals surface area (Å²) < 4.78 is 5.32. The Morgan fingerprint density at radius 3 is 2.39 bits per heavy atom. The van der Waals surface area contributed by atoms with Crippen LogP contribution in [-0.2, 0) is 11.3 Å². The second-order valence-corrected chi connectivity index (χ2v) is 9.27. The molecular weight excluding hydrogens is 394 g/mol. The van der Waals surface area contributed by atoms with Crippen LogP contribution >= 0.6 is 0 Å². The summed E-state index contributed by atoms with van der Waals surface area (Å²) in [4.78, 5) is 28.6. The molecule has 0 spiro atoms. The van der Waals surface area contributed by atoms with Crippen molar-refractivity contribution in [3.63, 3.8) is 0 Å². The van der Waals surface area contributed by atoms with Gasteiger partial charge in [-0.3, -0.25) is 9.79 Å². The predicted molar refractivity (Wildman–Crippen MR) is 125 cm³/mol. The highest BCUT2D eigenvalue weighted by Gasteiger charge is 2.24. The Hall–Kier alpha value is -2.77. The molecule has 0 saturated carbocycles. The van der Waals surface area contributed by atoms with E-state index in [2.05, 4.69) is 26.3 Å². The lowest BCUT2D eigenvalue weighted by atomic mass is 10.1. The van der Waals surface area contributed by atoms with Gasteiger partial charge < -0.3 is 26.0 Å². The van der Waals surface area contributed by atoms with Gasteiger partial charge in [0.05, 0.1) is 5.54 Å². The zero-order valence-corrected chi connectivity index (χ0v) is 20.2. The molecule has 0 aromatic heterocycles. The van der Waals surface area contributed by atoms with Gasteiger partial charge in [-0.2, -0.15) is 0 Å². The molecule has 1 aromatic carbocycles. The molecule has 0 fully saturated rings. The first-order valence-corrected chi connectivity index (χ1v) is 10.7. The smallest absolute Gasteiger partial charge is 0.408 e. The fraction of sp³-hybridized carbons (Fsp3) is 0.609. The maximum absolute atomic E-state index is 12.3. The average molecular weight is 434 g/mol. The lowest BCUT2D eigenvalue weighted by Crippen LogP contribution is -2.54. The highest BCUT2D eigenvalue weighted by atomic mass is 16.6. The molecular formula is C23H39N5O3. The Labute approximate surface area is 186 Å². The van der Waals surface area contributed by atoms with Gasteiger partial charge in [0.1, 0.15) is 5.60 Å². The molecule has 0 radical (unpaired) electrons. The van der Waals surface area contributed by atoms with Crippen molar-refractivity contribution in [1.82, 2.24) is 21.3 Å². The molecule has 1 atom stereocenters. The Balaban J connectivity index is 2.60. The number of carbonyl (C=O) groups excluding carboxylic acids is 2. The highest BCUT2D eigenvalue weighted by Crippen LogP contribution is 2.09. The van der Waals surface area contributed by atoms with Crippen LogP contribution in [0.3, 0.4) is 0 Å². The molecule has 1 aromatic rings. The Bertz CT molecular complexity index is 769. The maximum Gasteiger partial charge on any atom is 0.408 e. The van der Waals surface area contributed by atoms with Crippen molar-refractivity contribution in [2.75, 3.05) is 13.6 Å². The third-order valence-corrected chi connectivity index (χ3v) is 4.40. The summed E-state index contributed by atoms with van der Waals surface area (Å²) >= 11 is 0. The van der Waals surface area contributed by atoms with Crippen LogP contribution in [0.25, 0.3) is 0 Å². The number of alkyl carbamates (subject to hydrolysis) is 1. The summed E-state index contributed by atoms with van der Waals surface area (Å²) in [6.07, 6.45) is 0.420. The summed E-state index contributed by atoms with van der Waals surface area (Å²) in [6.45, 7) is 14.2. The molecule has 2 amide bonds. The van der Waals surface area contributed by atoms with Crippen LogP contribution in [0.5, 0.6) is 0 Å². The van der Waals surface area contributed by atoms with Crippen LogP contribution < -0.4 is 21.3 Å². The van der Waals surface area contributed by atoms with E-state index in [4.69, 9.17) is 4.74 Å². The van der Waals surface area contributed by atoms with Gasteiger partial charge in [0, 0.05) is 31.7 Å². The number of guanidine groups is 1. The van der Waals surface area contributed by atoms with Crippen molar-refractivity contribution in [3.05, 3.63) is 35.4 Å². The van der Waals surface area contributed by atoms with Gasteiger partial charge in [-0.05, 0) is 65.7 Å². The van der Waals surface area contributed by atoms with Crippen molar-refractivity contribution in [2.45, 2.75) is 78.6 Å². The molecule has 0 aliphatic rings. The number of ether oxygens (including phenoxy) is 1. The molecule has 0 aliphatic carbocycles. The van der Waals surface area contributed by atoms with Crippen molar-refractivity contribution >= 4 is 18.0 Å². The Morgan fingerprint density at radius 2 is 1.81 bits per heavy atom. The van der Waals surface area contributed by atoms with Gasteiger partial charge in [0.2, 0.25) is 0 Å². The van der Waals surface area contributed by atoms with Gasteiger partial charge in [-0.25, -0.2) is 4.79 Å². The monoisotopic (exact) mass is 433 g/mol. The van der Waals surface area contributed by atoms with E-state index in [-0.39, 0.29) is 11.9 Å². The molecule has 31 heavy (non-hydrogen) atoms. The van der Waals surface area contributed by atoms with E-state index in [9.17, 15) is 9.59 Å². The zero-order chi connectivity index (χ0) is 23.7. The van der Waals surface area contributed by atoms with Crippen LogP contribution in [-0.4, -0.2) is 48.7 Å². The van der Waals surface area contributed by atoms with Crippen LogP contribution in [0, 0.1) is 0 Å². The Kier molecular flexibility index (Phi) is 9.81. The third-order valence-electron chi connectivity index (χ3n) is 4.40. The number of hydrogen-bond donors (Lipinski definition) is 4. The minimum Gasteiger partial charge on any atom is -0.444 e. The van der Waals surface area contributed by atoms with E-state index >= 15 is 0 Å². The summed E-state index contributed by atoms with van der Waals surface area (Å²) in [5.74, 6) is 0.516. The van der Waals surface area contributed by atoms with E-state index in [1.165, 1.54) is 0 Å². The number of carbonyl (C=O) groups is 2. The van der Waals surface area contributed by atoms with Gasteiger partial charge in [0.15, 0.2) is 5.96 Å². The van der Waals surface area contributed by atoms with Gasteiger partial charge >= 0.3 is 6.09 Å². The standard InChI is InChI=1S/C23H39N5O3/c1-9-16(2)27-19(29)18-12-10-11-17(13-18)14-25-20(24-8)26-15-23(6,7)28-21(30)31-22(3,4)5/h10-13,16H,9,14-15H2,1-8H3,(H,27,29)(H,28,30)(H2,24,25,26). The normalized spacial score (nSPS) is 13.2. The first-order valence-electron chi connectivity index (χ1n) is 10.7. The molecule has 4 N–H and O–H groups in total. The van der Waals surface area contributed by atoms with Crippen molar-refractivity contribution < 1.29 is 14.3 Å². The lowest BCUT2D eigenvalue weighted by molar-refractivity contribution is 0.0473. The van der Waals surface area contributed by atoms with Crippen LogP contribution in [0.15, 0.2) is 29.3 Å². The molecule has 8 heteroatoms. The topological polar surface area (TPSA) is 104 Å². The van der Waals surface area contributed by atoms with Gasteiger partial charge in [0.25, 0.3) is 5.91 Å². The summed E-state index contributed by atoms with van der Waals surface area (Å²) in [5, 5.41) is 12.3. The van der Waals surface area contributed by atoms with Crippen LogP contribution in [0.1, 0.15) is 70.8 Å². The molecule has 174 valence electrons. The second-order valence-electron chi connectivity index (χ2n) is 9.27. The largest absolute Gasteiger partial charge is 0.444 e. The number of benzene rings is 1. The van der Waals surface area contributed by atoms with Crippen molar-refractivity contribution in [1.29, 1.82) is 0 Å². The first-order chi connectivity index (χ1) is 14.3. The fourth-order valence-electron chi connectivity index (χ4n) is 2.57. The van der Waals surface area contributed by atoms with E-state index < -0.39 is 17.2 Å². The number of aliphatic imine (C=N–C) groups is 1. The number of nitrogens with zero attached hydrogens (tertiary/aromatic N) is 1. The maximum atomic E-state index is 12.3. The number of nitrogens with one attached hydrogen (secondary N) is 4. The van der Waals surface area contributed by atoms with E-state index in [0.29, 0.717) is 24.6 Å². The third kappa shape index (κ3) is 10.7. The van der Waals surface area contributed by atoms with Gasteiger partial charge in [-0.1, -0.05) is 19.1 Å². The highest BCUT2D eigenvalue weighted by molar-refractivity contribution is 5.94. The minimum absolute atomic E-state index is 0.0753. The summed E-state index contributed by atoms with van der Waals surface area (Å²) in [5.41, 5.74) is 0.496. The molecule has 0 saturated heterocycles. The summed E-state index contributed by atoms with van der Waals surface area (Å²) in [6, 6.07) is 7.63. The summed E-state index contributed by atoms with van der Waals surface area (Å²) in [7, 11) is 1.68. The van der Waals surface area contributed by atoms with E-state index in [1.54, 1.807) is 13.1 Å². The predicted octanol–water partition coefficient (Wildman–Crippen LogP) is 3.18. The first kappa shape index (κ1) is 26.3. The lowest BCUT2D eigenvalue weighted by Gasteiger charge is -2.29. The van der Waals surface area contributed by atoms with E-state index in [1.807, 2.05) is 66.7 Å². The second kappa shape index (κ2) is 11.6. The number of hydrogen-bond acceptors (Lipinski definition) is 4. The molecule has 8 nitrogen and oxygen atoms in total. The van der Waals surface area contributed by atoms with Crippen LogP contribution in [0.4, 0.5) is 4.79 Å². The molecule has 0 bridgehead atoms. The van der Waals surface area contributed by atoms with Crippen molar-refractivity contribution in [2.24, 2.45) is 4.99 Å². The molecule has 1 unspecified atom stereocenters. The van der Waals surface area contributed by atoms with Gasteiger partial charge in [-0.15, -0.1) is 0 Å².